The van der Waals surface area contributed by atoms with E-state index in [1.54, 1.807) is 26.0 Å². The molecule has 2 heterocycles. The molecule has 202 valence electrons. The van der Waals surface area contributed by atoms with E-state index < -0.39 is 12.0 Å². The van der Waals surface area contributed by atoms with E-state index in [0.717, 1.165) is 16.9 Å². The normalized spacial score (nSPS) is 11.6. The molecular formula is C26H31N5O5S2. The molecule has 0 spiro atoms. The Bertz CT molecular complexity index is 1350. The van der Waals surface area contributed by atoms with Gasteiger partial charge in [0.1, 0.15) is 5.00 Å². The van der Waals surface area contributed by atoms with Crippen LogP contribution in [-0.2, 0) is 16.1 Å². The van der Waals surface area contributed by atoms with Crippen molar-refractivity contribution < 1.29 is 23.9 Å². The van der Waals surface area contributed by atoms with Crippen molar-refractivity contribution >= 4 is 51.7 Å². The monoisotopic (exact) mass is 557 g/mol. The van der Waals surface area contributed by atoms with Crippen molar-refractivity contribution in [3.05, 3.63) is 57.2 Å². The Morgan fingerprint density at radius 2 is 1.79 bits per heavy atom. The molecule has 0 unspecified atom stereocenters. The number of amides is 2. The molecule has 0 fully saturated rings. The van der Waals surface area contributed by atoms with Gasteiger partial charge in [-0.2, -0.15) is 0 Å². The molecule has 0 bridgehead atoms. The van der Waals surface area contributed by atoms with Gasteiger partial charge in [-0.05, 0) is 59.2 Å². The number of rotatable bonds is 11. The predicted octanol–water partition coefficient (Wildman–Crippen LogP) is 4.58. The fraction of sp³-hybridized carbons (Fsp3) is 0.385. The third-order valence-corrected chi connectivity index (χ3v) is 7.92. The minimum absolute atomic E-state index is 0.00312. The molecule has 10 nitrogen and oxygen atoms in total. The highest BCUT2D eigenvalue weighted by Crippen LogP contribution is 2.34. The first-order chi connectivity index (χ1) is 18.1. The largest absolute Gasteiger partial charge is 0.462 e. The van der Waals surface area contributed by atoms with Gasteiger partial charge < -0.3 is 19.9 Å². The lowest BCUT2D eigenvalue weighted by atomic mass is 10.1. The topological polar surface area (TPSA) is 132 Å². The molecule has 0 saturated heterocycles. The number of carbonyl (C=O) groups is 4. The second-order valence-electron chi connectivity index (χ2n) is 8.52. The van der Waals surface area contributed by atoms with Gasteiger partial charge in [0.25, 0.3) is 5.91 Å². The van der Waals surface area contributed by atoms with E-state index in [0.29, 0.717) is 33.5 Å². The van der Waals surface area contributed by atoms with Gasteiger partial charge in [-0.1, -0.05) is 29.5 Å². The van der Waals surface area contributed by atoms with E-state index in [4.69, 9.17) is 4.74 Å². The summed E-state index contributed by atoms with van der Waals surface area (Å²) in [5.74, 6) is -0.805. The number of nitrogens with one attached hydrogen (secondary N) is 2. The molecule has 0 aliphatic carbocycles. The molecule has 0 saturated carbocycles. The zero-order valence-electron chi connectivity index (χ0n) is 22.2. The number of nitrogens with zero attached hydrogens (tertiary/aromatic N) is 3. The van der Waals surface area contributed by atoms with Gasteiger partial charge in [-0.25, -0.2) is 4.79 Å². The van der Waals surface area contributed by atoms with Gasteiger partial charge in [0, 0.05) is 12.1 Å². The number of ketones is 1. The van der Waals surface area contributed by atoms with Crippen LogP contribution in [0, 0.1) is 13.8 Å². The first-order valence-corrected chi connectivity index (χ1v) is 13.9. The Kier molecular flexibility index (Phi) is 9.81. The third-order valence-electron chi connectivity index (χ3n) is 5.64. The van der Waals surface area contributed by atoms with E-state index in [1.165, 1.54) is 18.7 Å². The molecule has 38 heavy (non-hydrogen) atoms. The SMILES string of the molecule is CCOC(=O)c1c(NC(=O)CSc2nnc([C@H](C)NC(=O)c3ccc(C)cc3)n2CC)sc(C(C)=O)c1C. The summed E-state index contributed by atoms with van der Waals surface area (Å²) in [6.07, 6.45) is 0. The van der Waals surface area contributed by atoms with E-state index in [1.807, 2.05) is 37.5 Å². The Morgan fingerprint density at radius 1 is 1.11 bits per heavy atom. The van der Waals surface area contributed by atoms with Crippen molar-refractivity contribution in [3.63, 3.8) is 0 Å². The van der Waals surface area contributed by atoms with Gasteiger partial charge in [-0.15, -0.1) is 21.5 Å². The van der Waals surface area contributed by atoms with Gasteiger partial charge in [-0.3, -0.25) is 14.4 Å². The average molecular weight is 558 g/mol. The second kappa shape index (κ2) is 12.8. The number of Topliss-reactive ketones (excluding diaryl/α,β-unsaturated/α-hetero) is 1. The molecule has 3 aromatic rings. The highest BCUT2D eigenvalue weighted by Gasteiger charge is 2.26. The van der Waals surface area contributed by atoms with Gasteiger partial charge in [0.05, 0.1) is 28.8 Å². The maximum atomic E-state index is 12.8. The Labute approximate surface area is 229 Å². The number of hydrogen-bond acceptors (Lipinski definition) is 9. The highest BCUT2D eigenvalue weighted by molar-refractivity contribution is 7.99. The van der Waals surface area contributed by atoms with Gasteiger partial charge in [0.15, 0.2) is 16.8 Å². The molecule has 0 aliphatic rings. The maximum absolute atomic E-state index is 12.8. The Morgan fingerprint density at radius 3 is 2.39 bits per heavy atom. The van der Waals surface area contributed by atoms with Crippen LogP contribution in [0.15, 0.2) is 29.4 Å². The zero-order valence-corrected chi connectivity index (χ0v) is 23.8. The van der Waals surface area contributed by atoms with Gasteiger partial charge in [0.2, 0.25) is 5.91 Å². The number of aryl methyl sites for hydroxylation is 1. The summed E-state index contributed by atoms with van der Waals surface area (Å²) in [5, 5.41) is 15.0. The van der Waals surface area contributed by atoms with Crippen LogP contribution >= 0.6 is 23.1 Å². The van der Waals surface area contributed by atoms with Crippen LogP contribution in [-0.4, -0.2) is 50.7 Å². The number of hydrogen-bond donors (Lipinski definition) is 2. The number of ether oxygens (including phenoxy) is 1. The summed E-state index contributed by atoms with van der Waals surface area (Å²) < 4.78 is 6.96. The number of thiophene rings is 1. The first-order valence-electron chi connectivity index (χ1n) is 12.1. The fourth-order valence-corrected chi connectivity index (χ4v) is 5.67. The first kappa shape index (κ1) is 29.1. The lowest BCUT2D eigenvalue weighted by molar-refractivity contribution is -0.113. The van der Waals surface area contributed by atoms with Crippen LogP contribution < -0.4 is 10.6 Å². The predicted molar refractivity (Wildman–Crippen MR) is 147 cm³/mol. The van der Waals surface area contributed by atoms with E-state index in [9.17, 15) is 19.2 Å². The summed E-state index contributed by atoms with van der Waals surface area (Å²) in [5.41, 5.74) is 2.30. The molecule has 2 N–H and O–H groups in total. The van der Waals surface area contributed by atoms with Crippen LogP contribution in [0.3, 0.4) is 0 Å². The quantitative estimate of drug-likeness (QED) is 0.199. The van der Waals surface area contributed by atoms with Crippen molar-refractivity contribution in [1.82, 2.24) is 20.1 Å². The van der Waals surface area contributed by atoms with Crippen molar-refractivity contribution in [2.24, 2.45) is 0 Å². The standard InChI is InChI=1S/C26H31N5O5S2/c1-7-31-22(16(5)27-23(34)18-11-9-14(3)10-12-18)29-30-26(31)37-13-19(33)28-24-20(25(35)36-8-2)15(4)21(38-24)17(6)32/h9-12,16H,7-8,13H2,1-6H3,(H,27,34)(H,28,33)/t16-/m0/s1. The number of anilines is 1. The van der Waals surface area contributed by atoms with Gasteiger partial charge >= 0.3 is 5.97 Å². The summed E-state index contributed by atoms with van der Waals surface area (Å²) in [6, 6.07) is 6.88. The Balaban J connectivity index is 1.69. The molecule has 0 aliphatic heterocycles. The van der Waals surface area contributed by atoms with Crippen LogP contribution in [0.2, 0.25) is 0 Å². The van der Waals surface area contributed by atoms with Crippen molar-refractivity contribution in [3.8, 4) is 0 Å². The zero-order chi connectivity index (χ0) is 28.0. The lowest BCUT2D eigenvalue weighted by Gasteiger charge is -2.15. The fourth-order valence-electron chi connectivity index (χ4n) is 3.75. The molecule has 0 radical (unpaired) electrons. The number of aromatic nitrogens is 3. The molecule has 2 amide bonds. The maximum Gasteiger partial charge on any atom is 0.341 e. The number of esters is 1. The third kappa shape index (κ3) is 6.67. The molecule has 2 aromatic heterocycles. The number of thioether (sulfide) groups is 1. The molecule has 3 rings (SSSR count). The van der Waals surface area contributed by atoms with Crippen LogP contribution in [0.4, 0.5) is 5.00 Å². The minimum Gasteiger partial charge on any atom is -0.462 e. The number of benzene rings is 1. The van der Waals surface area contributed by atoms with E-state index in [2.05, 4.69) is 20.8 Å². The van der Waals surface area contributed by atoms with Crippen LogP contribution in [0.5, 0.6) is 0 Å². The molecule has 12 heteroatoms. The summed E-state index contributed by atoms with van der Waals surface area (Å²) in [4.78, 5) is 50.3. The molecule has 1 aromatic carbocycles. The van der Waals surface area contributed by atoms with Crippen molar-refractivity contribution in [1.29, 1.82) is 0 Å². The minimum atomic E-state index is -0.589. The van der Waals surface area contributed by atoms with Crippen molar-refractivity contribution in [2.45, 2.75) is 59.3 Å². The average Bonchev–Trinajstić information content (AvgIpc) is 3.43. The lowest BCUT2D eigenvalue weighted by Crippen LogP contribution is -2.28. The highest BCUT2D eigenvalue weighted by atomic mass is 32.2. The number of carbonyl (C=O) groups excluding carboxylic acids is 4. The molecular weight excluding hydrogens is 526 g/mol. The molecule has 1 atom stereocenters. The summed E-state index contributed by atoms with van der Waals surface area (Å²) in [6.45, 7) is 11.2. The summed E-state index contributed by atoms with van der Waals surface area (Å²) in [7, 11) is 0. The van der Waals surface area contributed by atoms with E-state index >= 15 is 0 Å². The second-order valence-corrected chi connectivity index (χ2v) is 10.5. The summed E-state index contributed by atoms with van der Waals surface area (Å²) >= 11 is 2.24. The van der Waals surface area contributed by atoms with Crippen LogP contribution in [0.25, 0.3) is 0 Å². The van der Waals surface area contributed by atoms with E-state index in [-0.39, 0.29) is 40.5 Å². The smallest absolute Gasteiger partial charge is 0.341 e. The van der Waals surface area contributed by atoms with Crippen molar-refractivity contribution in [2.75, 3.05) is 17.7 Å². The Hall–Kier alpha value is -3.51. The van der Waals surface area contributed by atoms with Crippen LogP contribution in [0.1, 0.15) is 81.1 Å².